The fourth-order valence-corrected chi connectivity index (χ4v) is 1.87. The summed E-state index contributed by atoms with van der Waals surface area (Å²) in [5.74, 6) is 0. The highest BCUT2D eigenvalue weighted by Crippen LogP contribution is 2.22. The van der Waals surface area contributed by atoms with E-state index in [0.29, 0.717) is 6.54 Å². The Morgan fingerprint density at radius 2 is 2.14 bits per heavy atom. The third kappa shape index (κ3) is 2.11. The summed E-state index contributed by atoms with van der Waals surface area (Å²) < 4.78 is 1.11. The Kier molecular flexibility index (Phi) is 3.98. The second-order valence-electron chi connectivity index (χ2n) is 3.04. The first-order valence-corrected chi connectivity index (χ1v) is 5.06. The summed E-state index contributed by atoms with van der Waals surface area (Å²) in [6, 6.07) is 6.22. The van der Waals surface area contributed by atoms with E-state index < -0.39 is 0 Å². The molecule has 0 aliphatic heterocycles. The molecule has 0 atom stereocenters. The van der Waals surface area contributed by atoms with Gasteiger partial charge in [-0.2, -0.15) is 0 Å². The Balaban J connectivity index is 0.000000980. The molecule has 1 aromatic carbocycles. The molecule has 4 heteroatoms. The first-order chi connectivity index (χ1) is 6.31. The molecule has 2 nitrogen and oxygen atoms in total. The van der Waals surface area contributed by atoms with Crippen molar-refractivity contribution in [2.75, 3.05) is 6.54 Å². The Labute approximate surface area is 97.4 Å². The van der Waals surface area contributed by atoms with Gasteiger partial charge in [-0.05, 0) is 36.7 Å². The van der Waals surface area contributed by atoms with Crippen molar-refractivity contribution in [3.8, 4) is 0 Å². The molecule has 0 aliphatic carbocycles. The molecule has 0 fully saturated rings. The second kappa shape index (κ2) is 4.82. The zero-order valence-corrected chi connectivity index (χ0v) is 9.99. The molecular weight excluding hydrogens is 263 g/mol. The predicted octanol–water partition coefficient (Wildman–Crippen LogP) is 2.85. The standard InChI is InChI=1S/C10H11BrN2.ClH/c11-8-1-2-10-9(5-8)7(3-4-12)6-13-10;/h1-2,5-6,13H,3-4,12H2;1H. The van der Waals surface area contributed by atoms with Gasteiger partial charge in [0.2, 0.25) is 0 Å². The number of aromatic nitrogens is 1. The minimum Gasteiger partial charge on any atom is -0.361 e. The maximum absolute atomic E-state index is 5.52. The number of H-pyrrole nitrogens is 1. The molecule has 0 saturated heterocycles. The molecule has 0 amide bonds. The summed E-state index contributed by atoms with van der Waals surface area (Å²) in [5, 5.41) is 1.26. The van der Waals surface area contributed by atoms with Crippen LogP contribution in [0.2, 0.25) is 0 Å². The maximum Gasteiger partial charge on any atom is 0.0457 e. The monoisotopic (exact) mass is 274 g/mol. The van der Waals surface area contributed by atoms with Crippen LogP contribution in [0.3, 0.4) is 0 Å². The minimum absolute atomic E-state index is 0. The highest BCUT2D eigenvalue weighted by molar-refractivity contribution is 9.10. The van der Waals surface area contributed by atoms with Gasteiger partial charge < -0.3 is 10.7 Å². The van der Waals surface area contributed by atoms with Crippen molar-refractivity contribution in [1.29, 1.82) is 0 Å². The number of aromatic amines is 1. The Morgan fingerprint density at radius 3 is 2.86 bits per heavy atom. The maximum atomic E-state index is 5.52. The van der Waals surface area contributed by atoms with Crippen LogP contribution in [0.4, 0.5) is 0 Å². The fourth-order valence-electron chi connectivity index (χ4n) is 1.51. The largest absolute Gasteiger partial charge is 0.361 e. The van der Waals surface area contributed by atoms with Crippen LogP contribution in [-0.4, -0.2) is 11.5 Å². The second-order valence-corrected chi connectivity index (χ2v) is 3.96. The van der Waals surface area contributed by atoms with Gasteiger partial charge >= 0.3 is 0 Å². The van der Waals surface area contributed by atoms with Crippen LogP contribution in [0.1, 0.15) is 5.56 Å². The molecule has 0 unspecified atom stereocenters. The molecular formula is C10H12BrClN2. The van der Waals surface area contributed by atoms with Crippen molar-refractivity contribution in [2.45, 2.75) is 6.42 Å². The number of hydrogen-bond donors (Lipinski definition) is 2. The lowest BCUT2D eigenvalue weighted by molar-refractivity contribution is 0.976. The van der Waals surface area contributed by atoms with E-state index in [4.69, 9.17) is 5.73 Å². The van der Waals surface area contributed by atoms with Gasteiger partial charge in [0.1, 0.15) is 0 Å². The summed E-state index contributed by atoms with van der Waals surface area (Å²) in [7, 11) is 0. The van der Waals surface area contributed by atoms with Crippen LogP contribution in [-0.2, 0) is 6.42 Å². The Hall–Kier alpha value is -0.510. The zero-order chi connectivity index (χ0) is 9.26. The minimum atomic E-state index is 0. The van der Waals surface area contributed by atoms with Gasteiger partial charge in [0.25, 0.3) is 0 Å². The number of nitrogens with one attached hydrogen (secondary N) is 1. The molecule has 76 valence electrons. The molecule has 3 N–H and O–H groups in total. The van der Waals surface area contributed by atoms with E-state index >= 15 is 0 Å². The molecule has 14 heavy (non-hydrogen) atoms. The van der Waals surface area contributed by atoms with Crippen molar-refractivity contribution < 1.29 is 0 Å². The van der Waals surface area contributed by atoms with Gasteiger partial charge in [0.15, 0.2) is 0 Å². The third-order valence-electron chi connectivity index (χ3n) is 2.14. The smallest absolute Gasteiger partial charge is 0.0457 e. The molecule has 1 aromatic heterocycles. The summed E-state index contributed by atoms with van der Waals surface area (Å²) in [5.41, 5.74) is 7.99. The van der Waals surface area contributed by atoms with Gasteiger partial charge in [-0.25, -0.2) is 0 Å². The lowest BCUT2D eigenvalue weighted by atomic mass is 10.1. The zero-order valence-electron chi connectivity index (χ0n) is 7.59. The highest BCUT2D eigenvalue weighted by Gasteiger charge is 2.02. The first kappa shape index (κ1) is 11.6. The van der Waals surface area contributed by atoms with E-state index in [1.807, 2.05) is 12.3 Å². The molecule has 1 heterocycles. The average Bonchev–Trinajstić information content (AvgIpc) is 2.49. The quantitative estimate of drug-likeness (QED) is 0.869. The highest BCUT2D eigenvalue weighted by atomic mass is 79.9. The average molecular weight is 276 g/mol. The van der Waals surface area contributed by atoms with Gasteiger partial charge in [0.05, 0.1) is 0 Å². The number of rotatable bonds is 2. The number of nitrogens with two attached hydrogens (primary N) is 1. The lowest BCUT2D eigenvalue weighted by Crippen LogP contribution is -2.01. The first-order valence-electron chi connectivity index (χ1n) is 4.27. The number of benzene rings is 1. The molecule has 2 aromatic rings. The summed E-state index contributed by atoms with van der Waals surface area (Å²) in [6.07, 6.45) is 2.96. The fraction of sp³-hybridized carbons (Fsp3) is 0.200. The van der Waals surface area contributed by atoms with Gasteiger partial charge in [-0.15, -0.1) is 12.4 Å². The lowest BCUT2D eigenvalue weighted by Gasteiger charge is -1.96. The molecule has 0 aliphatic rings. The van der Waals surface area contributed by atoms with Crippen molar-refractivity contribution >= 4 is 39.2 Å². The van der Waals surface area contributed by atoms with Gasteiger partial charge in [-0.1, -0.05) is 15.9 Å². The van der Waals surface area contributed by atoms with Crippen molar-refractivity contribution in [2.24, 2.45) is 5.73 Å². The van der Waals surface area contributed by atoms with E-state index in [0.717, 1.165) is 10.9 Å². The summed E-state index contributed by atoms with van der Waals surface area (Å²) in [4.78, 5) is 3.22. The van der Waals surface area contributed by atoms with Crippen LogP contribution in [0, 0.1) is 0 Å². The number of fused-ring (bicyclic) bond motifs is 1. The predicted molar refractivity (Wildman–Crippen MR) is 66.0 cm³/mol. The van der Waals surface area contributed by atoms with Gasteiger partial charge in [-0.3, -0.25) is 0 Å². The summed E-state index contributed by atoms with van der Waals surface area (Å²) >= 11 is 3.46. The third-order valence-corrected chi connectivity index (χ3v) is 2.64. The van der Waals surface area contributed by atoms with Crippen LogP contribution < -0.4 is 5.73 Å². The Morgan fingerprint density at radius 1 is 1.36 bits per heavy atom. The normalized spacial score (nSPS) is 10.1. The van der Waals surface area contributed by atoms with E-state index in [-0.39, 0.29) is 12.4 Å². The number of halogens is 2. The molecule has 0 saturated carbocycles. The van der Waals surface area contributed by atoms with E-state index in [9.17, 15) is 0 Å². The van der Waals surface area contributed by atoms with Crippen molar-refractivity contribution in [1.82, 2.24) is 4.98 Å². The van der Waals surface area contributed by atoms with Crippen LogP contribution in [0.5, 0.6) is 0 Å². The SMILES string of the molecule is Cl.NCCc1c[nH]c2ccc(Br)cc12. The Bertz CT molecular complexity index is 425. The van der Waals surface area contributed by atoms with Crippen molar-refractivity contribution in [3.63, 3.8) is 0 Å². The van der Waals surface area contributed by atoms with Crippen LogP contribution >= 0.6 is 28.3 Å². The van der Waals surface area contributed by atoms with Gasteiger partial charge in [0, 0.05) is 21.6 Å². The van der Waals surface area contributed by atoms with E-state index in [2.05, 4.69) is 33.0 Å². The molecule has 0 radical (unpaired) electrons. The van der Waals surface area contributed by atoms with Crippen LogP contribution in [0.25, 0.3) is 10.9 Å². The molecule has 2 rings (SSSR count). The van der Waals surface area contributed by atoms with Crippen molar-refractivity contribution in [3.05, 3.63) is 34.4 Å². The number of hydrogen-bond acceptors (Lipinski definition) is 1. The van der Waals surface area contributed by atoms with Crippen LogP contribution in [0.15, 0.2) is 28.9 Å². The summed E-state index contributed by atoms with van der Waals surface area (Å²) in [6.45, 7) is 0.694. The molecule has 0 spiro atoms. The topological polar surface area (TPSA) is 41.8 Å². The van der Waals surface area contributed by atoms with E-state index in [1.54, 1.807) is 0 Å². The molecule has 0 bridgehead atoms. The van der Waals surface area contributed by atoms with E-state index in [1.165, 1.54) is 16.5 Å².